The quantitative estimate of drug-likeness (QED) is 0.485. The summed E-state index contributed by atoms with van der Waals surface area (Å²) in [5.41, 5.74) is 1.11. The summed E-state index contributed by atoms with van der Waals surface area (Å²) in [4.78, 5) is 14.6. The van der Waals surface area contributed by atoms with E-state index in [1.165, 1.54) is 6.07 Å². The highest BCUT2D eigenvalue weighted by molar-refractivity contribution is 6.20. The lowest BCUT2D eigenvalue weighted by Crippen LogP contribution is -1.93. The normalized spacial score (nSPS) is 12.4. The molecule has 0 bridgehead atoms. The minimum atomic E-state index is -0.438. The van der Waals surface area contributed by atoms with Gasteiger partial charge in [0.25, 0.3) is 11.6 Å². The van der Waals surface area contributed by atoms with Crippen molar-refractivity contribution < 1.29 is 9.45 Å². The molecule has 1 atom stereocenters. The number of aromatic nitrogens is 2. The van der Waals surface area contributed by atoms with Crippen molar-refractivity contribution in [1.82, 2.24) is 10.1 Å². The molecule has 1 aromatic carbocycles. The first kappa shape index (κ1) is 13.5. The highest BCUT2D eigenvalue weighted by Crippen LogP contribution is 2.28. The molecule has 2 aromatic rings. The molecule has 100 valence electrons. The second kappa shape index (κ2) is 5.36. The molecule has 0 saturated carbocycles. The zero-order valence-electron chi connectivity index (χ0n) is 10.5. The van der Waals surface area contributed by atoms with Gasteiger partial charge in [-0.05, 0) is 19.4 Å². The molecule has 7 heteroatoms. The van der Waals surface area contributed by atoms with Crippen LogP contribution < -0.4 is 0 Å². The molecule has 6 nitrogen and oxygen atoms in total. The maximum absolute atomic E-state index is 10.9. The highest BCUT2D eigenvalue weighted by Gasteiger charge is 2.18. The Morgan fingerprint density at radius 2 is 2.26 bits per heavy atom. The largest absolute Gasteiger partial charge is 0.334 e. The molecule has 0 amide bonds. The molecular formula is C12H12ClN3O3. The molecule has 0 aliphatic rings. The molecule has 1 heterocycles. The zero-order valence-corrected chi connectivity index (χ0v) is 11.2. The lowest BCUT2D eigenvalue weighted by atomic mass is 10.1. The Morgan fingerprint density at radius 1 is 1.53 bits per heavy atom. The molecule has 0 aliphatic heterocycles. The topological polar surface area (TPSA) is 82.1 Å². The first-order chi connectivity index (χ1) is 9.02. The molecule has 19 heavy (non-hydrogen) atoms. The summed E-state index contributed by atoms with van der Waals surface area (Å²) in [7, 11) is 0. The van der Waals surface area contributed by atoms with E-state index in [0.717, 1.165) is 0 Å². The fourth-order valence-corrected chi connectivity index (χ4v) is 1.69. The standard InChI is InChI=1S/C12H12ClN3O3/c1-3-9(13)11-14-12(19-15-11)8-5-4-7(2)10(6-8)16(17)18/h4-6,9H,3H2,1-2H3. The van der Waals surface area contributed by atoms with E-state index in [1.54, 1.807) is 19.1 Å². The van der Waals surface area contributed by atoms with Gasteiger partial charge in [0.15, 0.2) is 5.82 Å². The van der Waals surface area contributed by atoms with Crippen LogP contribution in [-0.2, 0) is 0 Å². The van der Waals surface area contributed by atoms with Crippen LogP contribution >= 0.6 is 11.6 Å². The van der Waals surface area contributed by atoms with Crippen LogP contribution in [0.15, 0.2) is 22.7 Å². The van der Waals surface area contributed by atoms with E-state index in [4.69, 9.17) is 16.1 Å². The molecule has 0 fully saturated rings. The van der Waals surface area contributed by atoms with Gasteiger partial charge in [-0.3, -0.25) is 10.1 Å². The van der Waals surface area contributed by atoms with E-state index in [9.17, 15) is 10.1 Å². The summed E-state index contributed by atoms with van der Waals surface area (Å²) in [6, 6.07) is 4.77. The average Bonchev–Trinajstić information content (AvgIpc) is 2.87. The number of alkyl halides is 1. The van der Waals surface area contributed by atoms with Crippen molar-refractivity contribution in [2.45, 2.75) is 25.6 Å². The maximum Gasteiger partial charge on any atom is 0.273 e. The molecule has 2 rings (SSSR count). The van der Waals surface area contributed by atoms with Gasteiger partial charge in [0, 0.05) is 17.2 Å². The van der Waals surface area contributed by atoms with Crippen LogP contribution in [0.25, 0.3) is 11.5 Å². The number of aryl methyl sites for hydroxylation is 1. The Kier molecular flexibility index (Phi) is 3.80. The van der Waals surface area contributed by atoms with E-state index in [-0.39, 0.29) is 17.0 Å². The SMILES string of the molecule is CCC(Cl)c1noc(-c2ccc(C)c([N+](=O)[O-])c2)n1. The van der Waals surface area contributed by atoms with Crippen molar-refractivity contribution in [1.29, 1.82) is 0 Å². The van der Waals surface area contributed by atoms with Gasteiger partial charge in [0.05, 0.1) is 10.3 Å². The van der Waals surface area contributed by atoms with Crippen molar-refractivity contribution >= 4 is 17.3 Å². The highest BCUT2D eigenvalue weighted by atomic mass is 35.5. The van der Waals surface area contributed by atoms with Crippen LogP contribution in [0, 0.1) is 17.0 Å². The molecule has 0 aliphatic carbocycles. The Bertz CT molecular complexity index is 612. The molecule has 0 radical (unpaired) electrons. The van der Waals surface area contributed by atoms with Crippen molar-refractivity contribution in [3.8, 4) is 11.5 Å². The van der Waals surface area contributed by atoms with Gasteiger partial charge < -0.3 is 4.52 Å². The van der Waals surface area contributed by atoms with Crippen molar-refractivity contribution in [3.63, 3.8) is 0 Å². The van der Waals surface area contributed by atoms with Gasteiger partial charge in [0.2, 0.25) is 0 Å². The van der Waals surface area contributed by atoms with Gasteiger partial charge in [-0.1, -0.05) is 18.1 Å². The van der Waals surface area contributed by atoms with E-state index in [2.05, 4.69) is 10.1 Å². The average molecular weight is 282 g/mol. The molecule has 1 unspecified atom stereocenters. The van der Waals surface area contributed by atoms with Crippen LogP contribution in [-0.4, -0.2) is 15.1 Å². The van der Waals surface area contributed by atoms with Gasteiger partial charge in [-0.2, -0.15) is 4.98 Å². The summed E-state index contributed by atoms with van der Waals surface area (Å²) >= 11 is 6.01. The van der Waals surface area contributed by atoms with Crippen LogP contribution in [0.3, 0.4) is 0 Å². The summed E-state index contributed by atoms with van der Waals surface area (Å²) in [6.07, 6.45) is 0.675. The third-order valence-electron chi connectivity index (χ3n) is 2.73. The summed E-state index contributed by atoms with van der Waals surface area (Å²) < 4.78 is 5.08. The predicted molar refractivity (Wildman–Crippen MR) is 70.0 cm³/mol. The Labute approximate surface area is 114 Å². The fraction of sp³-hybridized carbons (Fsp3) is 0.333. The van der Waals surface area contributed by atoms with Crippen molar-refractivity contribution in [2.24, 2.45) is 0 Å². The number of nitro groups is 1. The number of rotatable bonds is 4. The maximum atomic E-state index is 10.9. The third-order valence-corrected chi connectivity index (χ3v) is 3.24. The van der Waals surface area contributed by atoms with E-state index < -0.39 is 4.92 Å². The molecule has 0 spiro atoms. The number of hydrogen-bond acceptors (Lipinski definition) is 5. The smallest absolute Gasteiger partial charge is 0.273 e. The van der Waals surface area contributed by atoms with Crippen molar-refractivity contribution in [3.05, 3.63) is 39.7 Å². The predicted octanol–water partition coefficient (Wildman–Crippen LogP) is 3.64. The second-order valence-electron chi connectivity index (χ2n) is 4.09. The second-order valence-corrected chi connectivity index (χ2v) is 4.62. The number of halogens is 1. The Balaban J connectivity index is 2.39. The van der Waals surface area contributed by atoms with Gasteiger partial charge >= 0.3 is 0 Å². The number of benzene rings is 1. The van der Waals surface area contributed by atoms with Crippen LogP contribution in [0.5, 0.6) is 0 Å². The lowest BCUT2D eigenvalue weighted by Gasteiger charge is -1.99. The molecule has 0 saturated heterocycles. The summed E-state index contributed by atoms with van der Waals surface area (Å²) in [5, 5.41) is 14.3. The van der Waals surface area contributed by atoms with E-state index >= 15 is 0 Å². The minimum Gasteiger partial charge on any atom is -0.334 e. The molecular weight excluding hydrogens is 270 g/mol. The van der Waals surface area contributed by atoms with Crippen LogP contribution in [0.4, 0.5) is 5.69 Å². The van der Waals surface area contributed by atoms with Gasteiger partial charge in [0.1, 0.15) is 0 Å². The first-order valence-corrected chi connectivity index (χ1v) is 6.19. The summed E-state index contributed by atoms with van der Waals surface area (Å²) in [6.45, 7) is 3.58. The molecule has 1 aromatic heterocycles. The van der Waals surface area contributed by atoms with Crippen molar-refractivity contribution in [2.75, 3.05) is 0 Å². The van der Waals surface area contributed by atoms with E-state index in [1.807, 2.05) is 6.92 Å². The van der Waals surface area contributed by atoms with Crippen LogP contribution in [0.1, 0.15) is 30.1 Å². The Hall–Kier alpha value is -1.95. The van der Waals surface area contributed by atoms with E-state index in [0.29, 0.717) is 23.4 Å². The zero-order chi connectivity index (χ0) is 14.0. The number of hydrogen-bond donors (Lipinski definition) is 0. The minimum absolute atomic E-state index is 0.0233. The monoisotopic (exact) mass is 281 g/mol. The molecule has 0 N–H and O–H groups in total. The fourth-order valence-electron chi connectivity index (χ4n) is 1.60. The lowest BCUT2D eigenvalue weighted by molar-refractivity contribution is -0.385. The van der Waals surface area contributed by atoms with Crippen LogP contribution in [0.2, 0.25) is 0 Å². The van der Waals surface area contributed by atoms with Gasteiger partial charge in [-0.15, -0.1) is 11.6 Å². The summed E-state index contributed by atoms with van der Waals surface area (Å²) in [5.74, 6) is 0.625. The number of nitro benzene ring substituents is 1. The Morgan fingerprint density at radius 3 is 2.89 bits per heavy atom. The third kappa shape index (κ3) is 2.73. The number of nitrogens with zero attached hydrogens (tertiary/aromatic N) is 3. The first-order valence-electron chi connectivity index (χ1n) is 5.76. The van der Waals surface area contributed by atoms with Gasteiger partial charge in [-0.25, -0.2) is 0 Å².